The Balaban J connectivity index is 0.00000150. The molecular formula is C23H28Cl2N2O2. The first-order valence-corrected chi connectivity index (χ1v) is 9.60. The summed E-state index contributed by atoms with van der Waals surface area (Å²) in [5.74, 6) is 0.834. The fourth-order valence-electron chi connectivity index (χ4n) is 3.69. The molecule has 1 unspecified atom stereocenters. The number of nitrogens with zero attached hydrogens (tertiary/aromatic N) is 2. The molecule has 0 radical (unpaired) electrons. The molecule has 0 spiro atoms. The van der Waals surface area contributed by atoms with Crippen molar-refractivity contribution in [2.45, 2.75) is 6.10 Å². The molecule has 0 aliphatic carbocycles. The fourth-order valence-corrected chi connectivity index (χ4v) is 3.69. The third-order valence-electron chi connectivity index (χ3n) is 5.14. The van der Waals surface area contributed by atoms with Gasteiger partial charge in [-0.15, -0.1) is 24.8 Å². The summed E-state index contributed by atoms with van der Waals surface area (Å²) in [6, 6.07) is 24.7. The van der Waals surface area contributed by atoms with E-state index in [4.69, 9.17) is 4.74 Å². The second-order valence-corrected chi connectivity index (χ2v) is 7.07. The monoisotopic (exact) mass is 434 g/mol. The van der Waals surface area contributed by atoms with Gasteiger partial charge in [0, 0.05) is 43.8 Å². The number of benzene rings is 3. The first-order valence-electron chi connectivity index (χ1n) is 9.60. The van der Waals surface area contributed by atoms with Crippen LogP contribution >= 0.6 is 24.8 Å². The molecular weight excluding hydrogens is 407 g/mol. The van der Waals surface area contributed by atoms with Gasteiger partial charge in [0.1, 0.15) is 18.5 Å². The first-order chi connectivity index (χ1) is 13.3. The van der Waals surface area contributed by atoms with Gasteiger partial charge in [0.25, 0.3) is 0 Å². The lowest BCUT2D eigenvalue weighted by Crippen LogP contribution is -2.49. The number of piperazine rings is 1. The number of aliphatic hydroxyl groups is 1. The van der Waals surface area contributed by atoms with Crippen molar-refractivity contribution in [3.8, 4) is 5.75 Å². The van der Waals surface area contributed by atoms with E-state index in [9.17, 15) is 5.11 Å². The molecule has 3 aromatic carbocycles. The van der Waals surface area contributed by atoms with Crippen molar-refractivity contribution >= 4 is 41.3 Å². The summed E-state index contributed by atoms with van der Waals surface area (Å²) in [6.07, 6.45) is -0.493. The summed E-state index contributed by atoms with van der Waals surface area (Å²) in [6.45, 7) is 4.85. The number of β-amino-alcohol motifs (C(OH)–C–C–N with tert-alkyl or cyclic N) is 1. The summed E-state index contributed by atoms with van der Waals surface area (Å²) in [4.78, 5) is 4.71. The molecule has 0 saturated carbocycles. The van der Waals surface area contributed by atoms with E-state index in [1.54, 1.807) is 0 Å². The lowest BCUT2D eigenvalue weighted by atomic mass is 10.1. The minimum atomic E-state index is -0.493. The second kappa shape index (κ2) is 11.3. The molecule has 1 N–H and O–H groups in total. The Hall–Kier alpha value is -1.98. The van der Waals surface area contributed by atoms with E-state index in [0.717, 1.165) is 42.7 Å². The number of ether oxygens (including phenoxy) is 1. The number of hydrogen-bond donors (Lipinski definition) is 1. The molecule has 1 aliphatic heterocycles. The van der Waals surface area contributed by atoms with E-state index in [-0.39, 0.29) is 24.8 Å². The molecule has 1 saturated heterocycles. The van der Waals surface area contributed by atoms with Gasteiger partial charge in [-0.3, -0.25) is 4.90 Å². The Morgan fingerprint density at radius 1 is 0.793 bits per heavy atom. The SMILES string of the molecule is Cl.Cl.OC(COc1cccc2ccccc12)CN1CCN(c2ccccc2)CC1. The highest BCUT2D eigenvalue weighted by molar-refractivity contribution is 5.88. The van der Waals surface area contributed by atoms with Crippen molar-refractivity contribution in [1.82, 2.24) is 4.90 Å². The Kier molecular flexibility index (Phi) is 9.05. The van der Waals surface area contributed by atoms with Crippen molar-refractivity contribution in [2.24, 2.45) is 0 Å². The normalized spacial score (nSPS) is 15.3. The van der Waals surface area contributed by atoms with Crippen molar-refractivity contribution in [1.29, 1.82) is 0 Å². The first kappa shape index (κ1) is 23.3. The largest absolute Gasteiger partial charge is 0.490 e. The quantitative estimate of drug-likeness (QED) is 0.628. The average Bonchev–Trinajstić information content (AvgIpc) is 2.73. The number of fused-ring (bicyclic) bond motifs is 1. The molecule has 6 heteroatoms. The van der Waals surface area contributed by atoms with Gasteiger partial charge in [-0.25, -0.2) is 0 Å². The lowest BCUT2D eigenvalue weighted by molar-refractivity contribution is 0.0668. The van der Waals surface area contributed by atoms with Gasteiger partial charge in [0.05, 0.1) is 0 Å². The molecule has 156 valence electrons. The molecule has 1 heterocycles. The molecule has 1 fully saturated rings. The van der Waals surface area contributed by atoms with Gasteiger partial charge in [-0.2, -0.15) is 0 Å². The molecule has 0 amide bonds. The van der Waals surface area contributed by atoms with Crippen LogP contribution in [0.15, 0.2) is 72.8 Å². The van der Waals surface area contributed by atoms with E-state index in [1.165, 1.54) is 5.69 Å². The van der Waals surface area contributed by atoms with E-state index >= 15 is 0 Å². The van der Waals surface area contributed by atoms with E-state index in [2.05, 4.69) is 52.3 Å². The average molecular weight is 435 g/mol. The Morgan fingerprint density at radius 3 is 2.21 bits per heavy atom. The van der Waals surface area contributed by atoms with Crippen LogP contribution in [0.3, 0.4) is 0 Å². The van der Waals surface area contributed by atoms with Crippen LogP contribution in [0.25, 0.3) is 10.8 Å². The Labute approximate surface area is 184 Å². The molecule has 0 bridgehead atoms. The summed E-state index contributed by atoms with van der Waals surface area (Å²) in [5, 5.41) is 12.7. The Bertz CT molecular complexity index is 866. The zero-order chi connectivity index (χ0) is 18.5. The highest BCUT2D eigenvalue weighted by Crippen LogP contribution is 2.25. The molecule has 3 aromatic rings. The van der Waals surface area contributed by atoms with E-state index < -0.39 is 6.10 Å². The van der Waals surface area contributed by atoms with Gasteiger partial charge < -0.3 is 14.7 Å². The maximum absolute atomic E-state index is 10.4. The highest BCUT2D eigenvalue weighted by Gasteiger charge is 2.19. The van der Waals surface area contributed by atoms with Gasteiger partial charge in [-0.1, -0.05) is 54.6 Å². The standard InChI is InChI=1S/C23H26N2O2.2ClH/c26-21(18-27-23-12-6-8-19-7-4-5-11-22(19)23)17-24-13-15-25(16-14-24)20-9-2-1-3-10-20;;/h1-12,21,26H,13-18H2;2*1H. The molecule has 4 nitrogen and oxygen atoms in total. The molecule has 0 aromatic heterocycles. The van der Waals surface area contributed by atoms with Crippen LogP contribution in [0.4, 0.5) is 5.69 Å². The summed E-state index contributed by atoms with van der Waals surface area (Å²) in [5.41, 5.74) is 1.27. The van der Waals surface area contributed by atoms with Crippen LogP contribution in [0.1, 0.15) is 0 Å². The zero-order valence-electron chi connectivity index (χ0n) is 16.3. The number of anilines is 1. The van der Waals surface area contributed by atoms with Crippen molar-refractivity contribution in [3.63, 3.8) is 0 Å². The number of halogens is 2. The predicted octanol–water partition coefficient (Wildman–Crippen LogP) is 4.25. The van der Waals surface area contributed by atoms with Gasteiger partial charge >= 0.3 is 0 Å². The van der Waals surface area contributed by atoms with Crippen LogP contribution in [0.5, 0.6) is 5.75 Å². The predicted molar refractivity (Wildman–Crippen MR) is 125 cm³/mol. The zero-order valence-corrected chi connectivity index (χ0v) is 17.9. The molecule has 29 heavy (non-hydrogen) atoms. The summed E-state index contributed by atoms with van der Waals surface area (Å²) in [7, 11) is 0. The van der Waals surface area contributed by atoms with Crippen molar-refractivity contribution in [3.05, 3.63) is 72.8 Å². The highest BCUT2D eigenvalue weighted by atomic mass is 35.5. The fraction of sp³-hybridized carbons (Fsp3) is 0.304. The second-order valence-electron chi connectivity index (χ2n) is 7.07. The number of rotatable bonds is 6. The molecule has 1 atom stereocenters. The third-order valence-corrected chi connectivity index (χ3v) is 5.14. The topological polar surface area (TPSA) is 35.9 Å². The number of para-hydroxylation sites is 1. The lowest BCUT2D eigenvalue weighted by Gasteiger charge is -2.36. The minimum absolute atomic E-state index is 0. The van der Waals surface area contributed by atoms with Crippen LogP contribution in [-0.4, -0.2) is 55.4 Å². The van der Waals surface area contributed by atoms with Crippen molar-refractivity contribution < 1.29 is 9.84 Å². The summed E-state index contributed by atoms with van der Waals surface area (Å²) < 4.78 is 5.93. The van der Waals surface area contributed by atoms with Crippen LogP contribution < -0.4 is 9.64 Å². The molecule has 1 aliphatic rings. The number of hydrogen-bond acceptors (Lipinski definition) is 4. The Morgan fingerprint density at radius 2 is 1.45 bits per heavy atom. The number of aliphatic hydroxyl groups excluding tert-OH is 1. The molecule has 4 rings (SSSR count). The smallest absolute Gasteiger partial charge is 0.127 e. The van der Waals surface area contributed by atoms with Gasteiger partial charge in [0.2, 0.25) is 0 Å². The van der Waals surface area contributed by atoms with Crippen LogP contribution in [0.2, 0.25) is 0 Å². The van der Waals surface area contributed by atoms with Crippen LogP contribution in [0, 0.1) is 0 Å². The maximum Gasteiger partial charge on any atom is 0.127 e. The maximum atomic E-state index is 10.4. The third kappa shape index (κ3) is 6.00. The summed E-state index contributed by atoms with van der Waals surface area (Å²) >= 11 is 0. The van der Waals surface area contributed by atoms with E-state index in [1.807, 2.05) is 30.3 Å². The van der Waals surface area contributed by atoms with Crippen LogP contribution in [-0.2, 0) is 0 Å². The van der Waals surface area contributed by atoms with Crippen molar-refractivity contribution in [2.75, 3.05) is 44.2 Å². The van der Waals surface area contributed by atoms with E-state index in [0.29, 0.717) is 13.2 Å². The van der Waals surface area contributed by atoms with Gasteiger partial charge in [0.15, 0.2) is 0 Å². The minimum Gasteiger partial charge on any atom is -0.490 e. The van der Waals surface area contributed by atoms with Gasteiger partial charge in [-0.05, 0) is 23.6 Å².